The van der Waals surface area contributed by atoms with Gasteiger partial charge in [-0.2, -0.15) is 0 Å². The third-order valence-corrected chi connectivity index (χ3v) is 5.18. The van der Waals surface area contributed by atoms with Crippen molar-refractivity contribution in [2.75, 3.05) is 5.32 Å². The molecule has 0 unspecified atom stereocenters. The lowest BCUT2D eigenvalue weighted by atomic mass is 10.0. The van der Waals surface area contributed by atoms with Crippen molar-refractivity contribution in [3.63, 3.8) is 0 Å². The Morgan fingerprint density at radius 3 is 2.75 bits per heavy atom. The third-order valence-electron chi connectivity index (χ3n) is 4.41. The number of aryl methyl sites for hydroxylation is 2. The highest BCUT2D eigenvalue weighted by Crippen LogP contribution is 2.26. The second-order valence-electron chi connectivity index (χ2n) is 6.36. The molecular formula is C21H16N2O4S. The number of fused-ring (bicyclic) bond motifs is 1. The molecule has 0 aliphatic carbocycles. The lowest BCUT2D eigenvalue weighted by Crippen LogP contribution is -2.22. The van der Waals surface area contributed by atoms with Gasteiger partial charge >= 0.3 is 5.63 Å². The van der Waals surface area contributed by atoms with Crippen molar-refractivity contribution in [3.05, 3.63) is 74.4 Å². The summed E-state index contributed by atoms with van der Waals surface area (Å²) in [6, 6.07) is 11.7. The summed E-state index contributed by atoms with van der Waals surface area (Å²) in [7, 11) is 0. The number of hydrogen-bond acceptors (Lipinski definition) is 6. The molecule has 0 atom stereocenters. The van der Waals surface area contributed by atoms with Crippen LogP contribution in [0.2, 0.25) is 0 Å². The first kappa shape index (κ1) is 17.9. The molecule has 1 amide bonds. The summed E-state index contributed by atoms with van der Waals surface area (Å²) in [6.07, 6.45) is 0. The molecule has 2 aromatic heterocycles. The molecule has 2 aromatic carbocycles. The fourth-order valence-electron chi connectivity index (χ4n) is 3.05. The van der Waals surface area contributed by atoms with E-state index in [9.17, 15) is 14.7 Å². The monoisotopic (exact) mass is 392 g/mol. The molecular weight excluding hydrogens is 376 g/mol. The number of hydrogen-bond donors (Lipinski definition) is 2. The Morgan fingerprint density at radius 1 is 1.18 bits per heavy atom. The predicted octanol–water partition coefficient (Wildman–Crippen LogP) is 4.49. The first-order valence-electron chi connectivity index (χ1n) is 8.53. The maximum Gasteiger partial charge on any atom is 0.349 e. The van der Waals surface area contributed by atoms with Gasteiger partial charge in [-0.05, 0) is 49.7 Å². The van der Waals surface area contributed by atoms with E-state index in [1.165, 1.54) is 18.2 Å². The maximum atomic E-state index is 12.8. The number of carbonyl (C=O) groups is 1. The minimum Gasteiger partial charge on any atom is -0.508 e. The van der Waals surface area contributed by atoms with E-state index < -0.39 is 11.5 Å². The molecule has 140 valence electrons. The van der Waals surface area contributed by atoms with Crippen LogP contribution in [0.1, 0.15) is 20.9 Å². The van der Waals surface area contributed by atoms with Crippen molar-refractivity contribution in [2.24, 2.45) is 0 Å². The number of amides is 1. The molecule has 0 saturated carbocycles. The number of nitrogens with one attached hydrogen (secondary N) is 1. The van der Waals surface area contributed by atoms with Gasteiger partial charge in [0.15, 0.2) is 0 Å². The van der Waals surface area contributed by atoms with Crippen molar-refractivity contribution >= 4 is 33.9 Å². The zero-order chi connectivity index (χ0) is 19.8. The van der Waals surface area contributed by atoms with Crippen molar-refractivity contribution in [1.29, 1.82) is 0 Å². The normalized spacial score (nSPS) is 10.9. The number of phenols is 1. The largest absolute Gasteiger partial charge is 0.508 e. The molecule has 6 nitrogen and oxygen atoms in total. The van der Waals surface area contributed by atoms with Gasteiger partial charge in [0, 0.05) is 22.0 Å². The molecule has 0 bridgehead atoms. The number of thiazole rings is 1. The summed E-state index contributed by atoms with van der Waals surface area (Å²) in [5.74, 6) is -0.537. The van der Waals surface area contributed by atoms with E-state index in [1.807, 2.05) is 24.4 Å². The standard InChI is InChI=1S/C21H16N2O4S/c1-11-16-9-15(24)6-7-18(16)27-21(26)19(11)20(25)23-14-5-3-4-13(8-14)17-10-28-12(2)22-17/h3-10,24H,1-2H3,(H,23,25). The highest BCUT2D eigenvalue weighted by molar-refractivity contribution is 7.09. The van der Waals surface area contributed by atoms with E-state index in [0.717, 1.165) is 16.3 Å². The van der Waals surface area contributed by atoms with Gasteiger partial charge in [0.2, 0.25) is 0 Å². The Bertz CT molecular complexity index is 1270. The van der Waals surface area contributed by atoms with Crippen LogP contribution in [-0.4, -0.2) is 16.0 Å². The van der Waals surface area contributed by atoms with Gasteiger partial charge < -0.3 is 14.8 Å². The number of anilines is 1. The highest BCUT2D eigenvalue weighted by Gasteiger charge is 2.19. The molecule has 0 saturated heterocycles. The SMILES string of the molecule is Cc1nc(-c2cccc(NC(=O)c3c(C)c4cc(O)ccc4oc3=O)c2)cs1. The topological polar surface area (TPSA) is 92.4 Å². The number of benzene rings is 2. The number of carbonyl (C=O) groups excluding carboxylic acids is 1. The van der Waals surface area contributed by atoms with Gasteiger partial charge in [-0.3, -0.25) is 4.79 Å². The van der Waals surface area contributed by atoms with Crippen LogP contribution >= 0.6 is 11.3 Å². The zero-order valence-corrected chi connectivity index (χ0v) is 16.0. The van der Waals surface area contributed by atoms with Crippen LogP contribution in [0, 0.1) is 13.8 Å². The van der Waals surface area contributed by atoms with Gasteiger partial charge in [0.25, 0.3) is 5.91 Å². The summed E-state index contributed by atoms with van der Waals surface area (Å²) in [4.78, 5) is 29.6. The molecule has 0 spiro atoms. The van der Waals surface area contributed by atoms with Crippen LogP contribution in [0.5, 0.6) is 5.75 Å². The Balaban J connectivity index is 1.70. The molecule has 2 heterocycles. The number of nitrogens with zero attached hydrogens (tertiary/aromatic N) is 1. The smallest absolute Gasteiger partial charge is 0.349 e. The van der Waals surface area contributed by atoms with E-state index in [4.69, 9.17) is 4.42 Å². The minimum atomic E-state index is -0.723. The third kappa shape index (κ3) is 3.27. The molecule has 4 aromatic rings. The van der Waals surface area contributed by atoms with Crippen molar-refractivity contribution < 1.29 is 14.3 Å². The Hall–Kier alpha value is -3.45. The van der Waals surface area contributed by atoms with Crippen molar-refractivity contribution in [3.8, 4) is 17.0 Å². The molecule has 0 aliphatic heterocycles. The highest BCUT2D eigenvalue weighted by atomic mass is 32.1. The number of aromatic nitrogens is 1. The Morgan fingerprint density at radius 2 is 2.00 bits per heavy atom. The Labute approximate surface area is 164 Å². The van der Waals surface area contributed by atoms with Gasteiger partial charge in [-0.1, -0.05) is 12.1 Å². The fourth-order valence-corrected chi connectivity index (χ4v) is 3.67. The van der Waals surface area contributed by atoms with Crippen LogP contribution in [-0.2, 0) is 0 Å². The minimum absolute atomic E-state index is 0.0297. The van der Waals surface area contributed by atoms with E-state index in [2.05, 4.69) is 10.3 Å². The molecule has 4 rings (SSSR count). The first-order chi connectivity index (χ1) is 13.4. The molecule has 7 heteroatoms. The lowest BCUT2D eigenvalue weighted by molar-refractivity contribution is 0.102. The second kappa shape index (κ2) is 6.94. The summed E-state index contributed by atoms with van der Waals surface area (Å²) < 4.78 is 5.25. The van der Waals surface area contributed by atoms with E-state index in [1.54, 1.807) is 30.4 Å². The summed E-state index contributed by atoms with van der Waals surface area (Å²) in [5.41, 5.74) is 2.20. The van der Waals surface area contributed by atoms with E-state index >= 15 is 0 Å². The van der Waals surface area contributed by atoms with Gasteiger partial charge in [-0.25, -0.2) is 9.78 Å². The van der Waals surface area contributed by atoms with Crippen LogP contribution in [0.3, 0.4) is 0 Å². The average Bonchev–Trinajstić information content (AvgIpc) is 3.09. The molecule has 2 N–H and O–H groups in total. The van der Waals surface area contributed by atoms with Crippen LogP contribution in [0.15, 0.2) is 57.1 Å². The summed E-state index contributed by atoms with van der Waals surface area (Å²) >= 11 is 1.55. The van der Waals surface area contributed by atoms with Gasteiger partial charge in [0.05, 0.1) is 10.7 Å². The molecule has 0 radical (unpaired) electrons. The predicted molar refractivity (Wildman–Crippen MR) is 109 cm³/mol. The van der Waals surface area contributed by atoms with Gasteiger partial charge in [-0.15, -0.1) is 11.3 Å². The first-order valence-corrected chi connectivity index (χ1v) is 9.40. The maximum absolute atomic E-state index is 12.8. The Kier molecular flexibility index (Phi) is 4.44. The van der Waals surface area contributed by atoms with Crippen molar-refractivity contribution in [1.82, 2.24) is 4.98 Å². The number of aromatic hydroxyl groups is 1. The average molecular weight is 392 g/mol. The number of rotatable bonds is 3. The molecule has 0 fully saturated rings. The van der Waals surface area contributed by atoms with Crippen molar-refractivity contribution in [2.45, 2.75) is 13.8 Å². The van der Waals surface area contributed by atoms with E-state index in [-0.39, 0.29) is 11.3 Å². The zero-order valence-electron chi connectivity index (χ0n) is 15.1. The molecule has 28 heavy (non-hydrogen) atoms. The van der Waals surface area contributed by atoms with E-state index in [0.29, 0.717) is 22.2 Å². The van der Waals surface area contributed by atoms with Crippen LogP contribution in [0.4, 0.5) is 5.69 Å². The van der Waals surface area contributed by atoms with Gasteiger partial charge in [0.1, 0.15) is 16.9 Å². The second-order valence-corrected chi connectivity index (χ2v) is 7.42. The summed E-state index contributed by atoms with van der Waals surface area (Å²) in [6.45, 7) is 3.58. The fraction of sp³-hybridized carbons (Fsp3) is 0.0952. The quantitative estimate of drug-likeness (QED) is 0.501. The van der Waals surface area contributed by atoms with Crippen LogP contribution in [0.25, 0.3) is 22.2 Å². The molecule has 0 aliphatic rings. The van der Waals surface area contributed by atoms with Crippen LogP contribution < -0.4 is 10.9 Å². The lowest BCUT2D eigenvalue weighted by Gasteiger charge is -2.10. The summed E-state index contributed by atoms with van der Waals surface area (Å²) in [5, 5.41) is 15.9. The number of phenolic OH excluding ortho intramolecular Hbond substituents is 1.